The molecule has 3 rings (SSSR count). The molecule has 0 amide bonds. The lowest BCUT2D eigenvalue weighted by atomic mass is 10.1. The molecule has 1 N–H and O–H groups in total. The zero-order valence-electron chi connectivity index (χ0n) is 10.9. The molecule has 0 bridgehead atoms. The van der Waals surface area contributed by atoms with Crippen molar-refractivity contribution in [3.8, 4) is 11.5 Å². The van der Waals surface area contributed by atoms with Gasteiger partial charge in [0, 0.05) is 6.54 Å². The van der Waals surface area contributed by atoms with Crippen LogP contribution in [0.2, 0.25) is 0 Å². The molecule has 1 heterocycles. The van der Waals surface area contributed by atoms with Gasteiger partial charge in [0.25, 0.3) is 0 Å². The van der Waals surface area contributed by atoms with Crippen LogP contribution in [-0.4, -0.2) is 19.8 Å². The van der Waals surface area contributed by atoms with Crippen molar-refractivity contribution >= 4 is 0 Å². The third-order valence-corrected chi connectivity index (χ3v) is 3.83. The fraction of sp³-hybridized carbons (Fsp3) is 0.600. The molecule has 0 saturated heterocycles. The first-order valence-electron chi connectivity index (χ1n) is 6.92. The molecule has 1 aliphatic carbocycles. The fourth-order valence-electron chi connectivity index (χ4n) is 2.47. The molecule has 2 aliphatic rings. The Kier molecular flexibility index (Phi) is 3.41. The van der Waals surface area contributed by atoms with E-state index in [1.165, 1.54) is 18.4 Å². The largest absolute Gasteiger partial charge is 0.486 e. The van der Waals surface area contributed by atoms with Gasteiger partial charge >= 0.3 is 0 Å². The van der Waals surface area contributed by atoms with Gasteiger partial charge in [-0.15, -0.1) is 0 Å². The average Bonchev–Trinajstić information content (AvgIpc) is 3.23. The van der Waals surface area contributed by atoms with Gasteiger partial charge in [0.2, 0.25) is 0 Å². The smallest absolute Gasteiger partial charge is 0.161 e. The van der Waals surface area contributed by atoms with Crippen LogP contribution in [-0.2, 0) is 6.54 Å². The number of nitrogens with one attached hydrogen (secondary N) is 1. The van der Waals surface area contributed by atoms with E-state index < -0.39 is 0 Å². The maximum Gasteiger partial charge on any atom is 0.161 e. The molecule has 1 aromatic rings. The van der Waals surface area contributed by atoms with Crippen LogP contribution >= 0.6 is 0 Å². The van der Waals surface area contributed by atoms with E-state index in [0.29, 0.717) is 13.2 Å². The number of fused-ring (bicyclic) bond motifs is 1. The van der Waals surface area contributed by atoms with E-state index in [4.69, 9.17) is 9.47 Å². The first-order chi connectivity index (χ1) is 8.83. The Hall–Kier alpha value is -1.22. The zero-order valence-corrected chi connectivity index (χ0v) is 10.9. The summed E-state index contributed by atoms with van der Waals surface area (Å²) in [6, 6.07) is 6.21. The Morgan fingerprint density at radius 1 is 1.22 bits per heavy atom. The van der Waals surface area contributed by atoms with Gasteiger partial charge in [0.15, 0.2) is 11.5 Å². The normalized spacial score (nSPS) is 19.6. The van der Waals surface area contributed by atoms with Gasteiger partial charge in [-0.1, -0.05) is 13.0 Å². The molecule has 1 aromatic carbocycles. The second kappa shape index (κ2) is 5.19. The van der Waals surface area contributed by atoms with Gasteiger partial charge < -0.3 is 14.8 Å². The third kappa shape index (κ3) is 2.78. The number of hydrogen-bond donors (Lipinski definition) is 1. The minimum atomic E-state index is 0.655. The van der Waals surface area contributed by atoms with Crippen molar-refractivity contribution in [2.24, 2.45) is 11.8 Å². The van der Waals surface area contributed by atoms with Crippen molar-refractivity contribution in [1.29, 1.82) is 0 Å². The molecule has 1 aliphatic heterocycles. The van der Waals surface area contributed by atoms with Crippen molar-refractivity contribution in [3.05, 3.63) is 23.8 Å². The lowest BCUT2D eigenvalue weighted by Gasteiger charge is -2.19. The number of ether oxygens (including phenoxy) is 2. The predicted octanol–water partition coefficient (Wildman–Crippen LogP) is 2.59. The van der Waals surface area contributed by atoms with Gasteiger partial charge in [-0.05, 0) is 48.9 Å². The minimum Gasteiger partial charge on any atom is -0.486 e. The van der Waals surface area contributed by atoms with Crippen molar-refractivity contribution in [2.45, 2.75) is 26.3 Å². The Labute approximate surface area is 108 Å². The van der Waals surface area contributed by atoms with Crippen LogP contribution in [0, 0.1) is 11.8 Å². The monoisotopic (exact) mass is 247 g/mol. The van der Waals surface area contributed by atoms with E-state index >= 15 is 0 Å². The third-order valence-electron chi connectivity index (χ3n) is 3.83. The predicted molar refractivity (Wildman–Crippen MR) is 71.0 cm³/mol. The Morgan fingerprint density at radius 2 is 2.00 bits per heavy atom. The Balaban J connectivity index is 1.52. The minimum absolute atomic E-state index is 0.655. The molecular formula is C15H21NO2. The van der Waals surface area contributed by atoms with E-state index in [1.54, 1.807) is 0 Å². The van der Waals surface area contributed by atoms with E-state index in [-0.39, 0.29) is 0 Å². The van der Waals surface area contributed by atoms with E-state index in [9.17, 15) is 0 Å². The average molecular weight is 247 g/mol. The summed E-state index contributed by atoms with van der Waals surface area (Å²) in [6.45, 7) is 5.67. The zero-order chi connectivity index (χ0) is 12.4. The van der Waals surface area contributed by atoms with Crippen LogP contribution < -0.4 is 14.8 Å². The molecule has 1 atom stereocenters. The van der Waals surface area contributed by atoms with Crippen LogP contribution in [0.1, 0.15) is 25.3 Å². The Morgan fingerprint density at radius 3 is 2.78 bits per heavy atom. The summed E-state index contributed by atoms with van der Waals surface area (Å²) in [7, 11) is 0. The van der Waals surface area contributed by atoms with Crippen LogP contribution in [0.25, 0.3) is 0 Å². The highest BCUT2D eigenvalue weighted by atomic mass is 16.6. The molecule has 1 saturated carbocycles. The van der Waals surface area contributed by atoms with Crippen molar-refractivity contribution in [1.82, 2.24) is 5.32 Å². The van der Waals surface area contributed by atoms with Gasteiger partial charge in [-0.3, -0.25) is 0 Å². The quantitative estimate of drug-likeness (QED) is 0.867. The van der Waals surface area contributed by atoms with E-state index in [0.717, 1.165) is 36.4 Å². The van der Waals surface area contributed by atoms with Crippen LogP contribution in [0.5, 0.6) is 11.5 Å². The summed E-state index contributed by atoms with van der Waals surface area (Å²) in [5.41, 5.74) is 1.27. The molecular weight excluding hydrogens is 226 g/mol. The lowest BCUT2D eigenvalue weighted by molar-refractivity contribution is 0.171. The SMILES string of the molecule is CC(CNCc1ccc2c(c1)OCCO2)C1CC1. The van der Waals surface area contributed by atoms with Gasteiger partial charge in [-0.25, -0.2) is 0 Å². The summed E-state index contributed by atoms with van der Waals surface area (Å²) in [5.74, 6) is 3.53. The summed E-state index contributed by atoms with van der Waals surface area (Å²) < 4.78 is 11.1. The van der Waals surface area contributed by atoms with Crippen LogP contribution in [0.4, 0.5) is 0 Å². The molecule has 0 aromatic heterocycles. The van der Waals surface area contributed by atoms with Crippen LogP contribution in [0.3, 0.4) is 0 Å². The second-order valence-electron chi connectivity index (χ2n) is 5.42. The van der Waals surface area contributed by atoms with Crippen LogP contribution in [0.15, 0.2) is 18.2 Å². The first-order valence-corrected chi connectivity index (χ1v) is 6.92. The molecule has 0 radical (unpaired) electrons. The van der Waals surface area contributed by atoms with Crippen molar-refractivity contribution in [3.63, 3.8) is 0 Å². The maximum absolute atomic E-state index is 5.59. The highest BCUT2D eigenvalue weighted by molar-refractivity contribution is 5.43. The fourth-order valence-corrected chi connectivity index (χ4v) is 2.47. The summed E-state index contributed by atoms with van der Waals surface area (Å²) in [6.07, 6.45) is 2.85. The summed E-state index contributed by atoms with van der Waals surface area (Å²) >= 11 is 0. The molecule has 1 unspecified atom stereocenters. The molecule has 18 heavy (non-hydrogen) atoms. The molecule has 1 fully saturated rings. The molecule has 98 valence electrons. The van der Waals surface area contributed by atoms with E-state index in [1.807, 2.05) is 6.07 Å². The first kappa shape index (κ1) is 11.8. The number of rotatable bonds is 5. The van der Waals surface area contributed by atoms with Gasteiger partial charge in [-0.2, -0.15) is 0 Å². The highest BCUT2D eigenvalue weighted by Gasteiger charge is 2.27. The molecule has 3 heteroatoms. The molecule has 3 nitrogen and oxygen atoms in total. The number of benzene rings is 1. The summed E-state index contributed by atoms with van der Waals surface area (Å²) in [5, 5.41) is 3.53. The molecule has 0 spiro atoms. The lowest BCUT2D eigenvalue weighted by Crippen LogP contribution is -2.22. The number of hydrogen-bond acceptors (Lipinski definition) is 3. The van der Waals surface area contributed by atoms with Gasteiger partial charge in [0.1, 0.15) is 13.2 Å². The van der Waals surface area contributed by atoms with Gasteiger partial charge in [0.05, 0.1) is 0 Å². The highest BCUT2D eigenvalue weighted by Crippen LogP contribution is 2.36. The maximum atomic E-state index is 5.59. The van der Waals surface area contributed by atoms with Crippen molar-refractivity contribution < 1.29 is 9.47 Å². The second-order valence-corrected chi connectivity index (χ2v) is 5.42. The Bertz CT molecular complexity index is 415. The van der Waals surface area contributed by atoms with E-state index in [2.05, 4.69) is 24.4 Å². The van der Waals surface area contributed by atoms with Crippen molar-refractivity contribution in [2.75, 3.05) is 19.8 Å². The summed E-state index contributed by atoms with van der Waals surface area (Å²) in [4.78, 5) is 0. The standard InChI is InChI=1S/C15H21NO2/c1-11(13-3-4-13)9-16-10-12-2-5-14-15(8-12)18-7-6-17-14/h2,5,8,11,13,16H,3-4,6-7,9-10H2,1H3. The topological polar surface area (TPSA) is 30.5 Å².